The number of aliphatic hydroxyl groups is 1. The first kappa shape index (κ1) is 13.5. The molecule has 2 unspecified atom stereocenters. The maximum Gasteiger partial charge on any atom is 0.134 e. The molecule has 1 aliphatic rings. The van der Waals surface area contributed by atoms with Gasteiger partial charge in [0.1, 0.15) is 16.8 Å². The van der Waals surface area contributed by atoms with Gasteiger partial charge in [-0.3, -0.25) is 0 Å². The Kier molecular flexibility index (Phi) is 4.04. The van der Waals surface area contributed by atoms with Gasteiger partial charge in [-0.25, -0.2) is 9.97 Å². The van der Waals surface area contributed by atoms with Crippen molar-refractivity contribution in [2.24, 2.45) is 0 Å². The monoisotopic (exact) mass is 270 g/mol. The first-order valence-electron chi connectivity index (χ1n) is 6.06. The van der Waals surface area contributed by atoms with Crippen LogP contribution in [0.4, 0.5) is 5.82 Å². The third-order valence-electron chi connectivity index (χ3n) is 3.06. The second-order valence-corrected chi connectivity index (χ2v) is 5.44. The predicted molar refractivity (Wildman–Crippen MR) is 72.1 cm³/mol. The van der Waals surface area contributed by atoms with Gasteiger partial charge in [-0.15, -0.1) is 0 Å². The first-order valence-corrected chi connectivity index (χ1v) is 6.44. The Hall–Kier alpha value is -0.910. The van der Waals surface area contributed by atoms with Gasteiger partial charge in [0.05, 0.1) is 6.10 Å². The van der Waals surface area contributed by atoms with Gasteiger partial charge in [0.15, 0.2) is 0 Å². The minimum atomic E-state index is -0.302. The highest BCUT2D eigenvalue weighted by atomic mass is 35.5. The van der Waals surface area contributed by atoms with Gasteiger partial charge in [0.25, 0.3) is 0 Å². The summed E-state index contributed by atoms with van der Waals surface area (Å²) in [5.41, 5.74) is 0. The fraction of sp³-hybridized carbons (Fsp3) is 0.667. The zero-order chi connectivity index (χ0) is 13.3. The summed E-state index contributed by atoms with van der Waals surface area (Å²) in [6.45, 7) is 3.31. The maximum atomic E-state index is 9.85. The van der Waals surface area contributed by atoms with E-state index in [1.165, 1.54) is 0 Å². The van der Waals surface area contributed by atoms with E-state index in [0.717, 1.165) is 18.8 Å². The Labute approximate surface area is 112 Å². The highest BCUT2D eigenvalue weighted by Gasteiger charge is 2.32. The molecule has 1 aromatic rings. The summed E-state index contributed by atoms with van der Waals surface area (Å²) >= 11 is 5.97. The van der Waals surface area contributed by atoms with Crippen LogP contribution < -0.4 is 4.90 Å². The molecule has 18 heavy (non-hydrogen) atoms. The van der Waals surface area contributed by atoms with Crippen molar-refractivity contribution in [2.45, 2.75) is 25.5 Å². The molecule has 0 saturated carbocycles. The van der Waals surface area contributed by atoms with Gasteiger partial charge >= 0.3 is 0 Å². The first-order chi connectivity index (χ1) is 8.45. The highest BCUT2D eigenvalue weighted by molar-refractivity contribution is 6.29. The van der Waals surface area contributed by atoms with Crippen LogP contribution in [0.2, 0.25) is 5.15 Å². The van der Waals surface area contributed by atoms with Crippen molar-refractivity contribution < 1.29 is 5.11 Å². The number of aliphatic hydroxyl groups excluding tert-OH is 1. The van der Waals surface area contributed by atoms with E-state index in [1.807, 2.05) is 21.0 Å². The molecule has 0 radical (unpaired) electrons. The maximum absolute atomic E-state index is 9.85. The van der Waals surface area contributed by atoms with Crippen LogP contribution in [0.15, 0.2) is 6.07 Å². The quantitative estimate of drug-likeness (QED) is 0.829. The Morgan fingerprint density at radius 3 is 2.83 bits per heavy atom. The number of aromatic nitrogens is 2. The molecular weight excluding hydrogens is 252 g/mol. The summed E-state index contributed by atoms with van der Waals surface area (Å²) < 4.78 is 0. The molecule has 100 valence electrons. The van der Waals surface area contributed by atoms with Gasteiger partial charge in [-0.05, 0) is 27.4 Å². The molecule has 1 aliphatic heterocycles. The largest absolute Gasteiger partial charge is 0.391 e. The van der Waals surface area contributed by atoms with E-state index in [9.17, 15) is 5.11 Å². The van der Waals surface area contributed by atoms with E-state index in [-0.39, 0.29) is 12.1 Å². The summed E-state index contributed by atoms with van der Waals surface area (Å²) in [6, 6.07) is 2.02. The van der Waals surface area contributed by atoms with Crippen molar-refractivity contribution in [1.29, 1.82) is 0 Å². The lowest BCUT2D eigenvalue weighted by Gasteiger charge is -2.27. The minimum absolute atomic E-state index is 0.264. The van der Waals surface area contributed by atoms with Crippen LogP contribution in [0.3, 0.4) is 0 Å². The number of hydrogen-bond donors (Lipinski definition) is 1. The van der Waals surface area contributed by atoms with Gasteiger partial charge in [0, 0.05) is 25.2 Å². The van der Waals surface area contributed by atoms with Gasteiger partial charge in [0.2, 0.25) is 0 Å². The molecule has 2 atom stereocenters. The molecule has 0 aliphatic carbocycles. The van der Waals surface area contributed by atoms with E-state index in [2.05, 4.69) is 19.8 Å². The fourth-order valence-electron chi connectivity index (χ4n) is 2.43. The molecule has 2 heterocycles. The van der Waals surface area contributed by atoms with Crippen LogP contribution >= 0.6 is 11.6 Å². The Balaban J connectivity index is 2.23. The van der Waals surface area contributed by atoms with Crippen molar-refractivity contribution in [3.8, 4) is 0 Å². The smallest absolute Gasteiger partial charge is 0.134 e. The summed E-state index contributed by atoms with van der Waals surface area (Å²) in [4.78, 5) is 12.7. The number of likely N-dealkylation sites (N-methyl/N-ethyl adjacent to an activating group) is 1. The SMILES string of the molecule is Cc1nc(Cl)cc(N2CC(O)CC2CN(C)C)n1. The zero-order valence-corrected chi connectivity index (χ0v) is 11.7. The molecule has 1 N–H and O–H groups in total. The topological polar surface area (TPSA) is 52.5 Å². The lowest BCUT2D eigenvalue weighted by molar-refractivity contribution is 0.191. The number of anilines is 1. The lowest BCUT2D eigenvalue weighted by atomic mass is 10.2. The number of halogens is 1. The highest BCUT2D eigenvalue weighted by Crippen LogP contribution is 2.26. The molecule has 1 saturated heterocycles. The second kappa shape index (κ2) is 5.38. The molecule has 2 rings (SSSR count). The normalized spacial score (nSPS) is 24.0. The third-order valence-corrected chi connectivity index (χ3v) is 3.25. The molecule has 0 bridgehead atoms. The molecule has 0 amide bonds. The third kappa shape index (κ3) is 3.10. The zero-order valence-electron chi connectivity index (χ0n) is 11.0. The van der Waals surface area contributed by atoms with Crippen molar-refractivity contribution in [1.82, 2.24) is 14.9 Å². The van der Waals surface area contributed by atoms with Crippen LogP contribution in [0.25, 0.3) is 0 Å². The Morgan fingerprint density at radius 1 is 1.50 bits per heavy atom. The van der Waals surface area contributed by atoms with Crippen molar-refractivity contribution in [3.05, 3.63) is 17.0 Å². The van der Waals surface area contributed by atoms with Crippen LogP contribution in [0.5, 0.6) is 0 Å². The Morgan fingerprint density at radius 2 is 2.22 bits per heavy atom. The molecule has 6 heteroatoms. The number of rotatable bonds is 3. The summed E-state index contributed by atoms with van der Waals surface area (Å²) in [7, 11) is 4.06. The number of hydrogen-bond acceptors (Lipinski definition) is 5. The molecule has 0 aromatic carbocycles. The van der Waals surface area contributed by atoms with Crippen molar-refractivity contribution >= 4 is 17.4 Å². The summed E-state index contributed by atoms with van der Waals surface area (Å²) in [5.74, 6) is 1.46. The molecular formula is C12H19ClN4O. The molecule has 1 fully saturated rings. The van der Waals surface area contributed by atoms with Crippen molar-refractivity contribution in [3.63, 3.8) is 0 Å². The summed E-state index contributed by atoms with van der Waals surface area (Å²) in [5, 5.41) is 10.3. The Bertz CT molecular complexity index is 406. The van der Waals surface area contributed by atoms with Gasteiger partial charge in [-0.2, -0.15) is 0 Å². The second-order valence-electron chi connectivity index (χ2n) is 5.05. The minimum Gasteiger partial charge on any atom is -0.391 e. The van der Waals surface area contributed by atoms with E-state index in [1.54, 1.807) is 6.07 Å². The molecule has 0 spiro atoms. The number of β-amino-alcohol motifs (C(OH)–C–C–N with tert-alkyl or cyclic N) is 1. The van der Waals surface area contributed by atoms with E-state index in [0.29, 0.717) is 17.5 Å². The van der Waals surface area contributed by atoms with Crippen LogP contribution in [0, 0.1) is 6.92 Å². The van der Waals surface area contributed by atoms with E-state index >= 15 is 0 Å². The van der Waals surface area contributed by atoms with Crippen LogP contribution in [-0.2, 0) is 0 Å². The fourth-order valence-corrected chi connectivity index (χ4v) is 2.65. The standard InChI is InChI=1S/C12H19ClN4O/c1-8-14-11(13)5-12(15-8)17-7-10(18)4-9(17)6-16(2)3/h5,9-10,18H,4,6-7H2,1-3H3. The lowest BCUT2D eigenvalue weighted by Crippen LogP contribution is -2.38. The van der Waals surface area contributed by atoms with Crippen LogP contribution in [0.1, 0.15) is 12.2 Å². The average Bonchev–Trinajstić information content (AvgIpc) is 2.56. The van der Waals surface area contributed by atoms with Crippen molar-refractivity contribution in [2.75, 3.05) is 32.1 Å². The average molecular weight is 271 g/mol. The predicted octanol–water partition coefficient (Wildman–Crippen LogP) is 0.940. The summed E-state index contributed by atoms with van der Waals surface area (Å²) in [6.07, 6.45) is 0.461. The molecule has 5 nitrogen and oxygen atoms in total. The molecule has 1 aromatic heterocycles. The van der Waals surface area contributed by atoms with Gasteiger partial charge in [-0.1, -0.05) is 11.6 Å². The van der Waals surface area contributed by atoms with Crippen LogP contribution in [-0.4, -0.2) is 59.3 Å². The van der Waals surface area contributed by atoms with E-state index in [4.69, 9.17) is 11.6 Å². The van der Waals surface area contributed by atoms with Gasteiger partial charge < -0.3 is 14.9 Å². The van der Waals surface area contributed by atoms with E-state index < -0.39 is 0 Å². The number of aryl methyl sites for hydroxylation is 1. The number of nitrogens with zero attached hydrogens (tertiary/aromatic N) is 4.